The molecule has 1 aromatic carbocycles. The normalized spacial score (nSPS) is 22.3. The molecule has 2 N–H and O–H groups in total. The highest BCUT2D eigenvalue weighted by Gasteiger charge is 2.26. The Hall–Kier alpha value is -1.58. The smallest absolute Gasteiger partial charge is 0.253 e. The van der Waals surface area contributed by atoms with E-state index < -0.39 is 0 Å². The molecule has 1 aromatic rings. The number of para-hydroxylation sites is 1. The van der Waals surface area contributed by atoms with E-state index in [1.165, 1.54) is 6.07 Å². The fourth-order valence-electron chi connectivity index (χ4n) is 2.68. The highest BCUT2D eigenvalue weighted by Crippen LogP contribution is 2.26. The van der Waals surface area contributed by atoms with Gasteiger partial charge in [-0.3, -0.25) is 4.79 Å². The number of anilines is 1. The molecule has 2 rings (SSSR count). The summed E-state index contributed by atoms with van der Waals surface area (Å²) in [6.45, 7) is 4.61. The molecule has 2 unspecified atom stereocenters. The van der Waals surface area contributed by atoms with Crippen LogP contribution in [0.4, 0.5) is 10.1 Å². The SMILES string of the molecule is CCNc1c(F)cccc1C(=O)NC1CCCC1C. The molecule has 0 aromatic heterocycles. The van der Waals surface area contributed by atoms with Crippen molar-refractivity contribution in [2.24, 2.45) is 5.92 Å². The van der Waals surface area contributed by atoms with Gasteiger partial charge in [-0.05, 0) is 37.8 Å². The number of benzene rings is 1. The molecular weight excluding hydrogens is 243 g/mol. The van der Waals surface area contributed by atoms with Gasteiger partial charge in [-0.25, -0.2) is 4.39 Å². The van der Waals surface area contributed by atoms with E-state index in [2.05, 4.69) is 17.6 Å². The van der Waals surface area contributed by atoms with Crippen molar-refractivity contribution in [3.05, 3.63) is 29.6 Å². The first-order chi connectivity index (χ1) is 9.13. The van der Waals surface area contributed by atoms with Crippen LogP contribution in [0.25, 0.3) is 0 Å². The van der Waals surface area contributed by atoms with Crippen LogP contribution in [0.15, 0.2) is 18.2 Å². The average molecular weight is 264 g/mol. The maximum Gasteiger partial charge on any atom is 0.253 e. The summed E-state index contributed by atoms with van der Waals surface area (Å²) in [5, 5.41) is 5.95. The zero-order valence-corrected chi connectivity index (χ0v) is 11.5. The van der Waals surface area contributed by atoms with Gasteiger partial charge in [0, 0.05) is 12.6 Å². The summed E-state index contributed by atoms with van der Waals surface area (Å²) >= 11 is 0. The van der Waals surface area contributed by atoms with Crippen molar-refractivity contribution in [1.29, 1.82) is 0 Å². The first-order valence-corrected chi connectivity index (χ1v) is 6.96. The van der Waals surface area contributed by atoms with Crippen LogP contribution < -0.4 is 10.6 Å². The standard InChI is InChI=1S/C15H21FN2O/c1-3-17-14-11(7-5-8-12(14)16)15(19)18-13-9-4-6-10(13)2/h5,7-8,10,13,17H,3-4,6,9H2,1-2H3,(H,18,19). The Morgan fingerprint density at radius 1 is 1.42 bits per heavy atom. The fourth-order valence-corrected chi connectivity index (χ4v) is 2.68. The zero-order chi connectivity index (χ0) is 13.8. The largest absolute Gasteiger partial charge is 0.382 e. The van der Waals surface area contributed by atoms with E-state index in [4.69, 9.17) is 0 Å². The fraction of sp³-hybridized carbons (Fsp3) is 0.533. The van der Waals surface area contributed by atoms with Gasteiger partial charge in [0.25, 0.3) is 5.91 Å². The molecule has 0 heterocycles. The Morgan fingerprint density at radius 3 is 2.84 bits per heavy atom. The molecule has 0 radical (unpaired) electrons. The van der Waals surface area contributed by atoms with Gasteiger partial charge < -0.3 is 10.6 Å². The molecule has 1 amide bonds. The number of rotatable bonds is 4. The molecule has 104 valence electrons. The summed E-state index contributed by atoms with van der Waals surface area (Å²) in [5.41, 5.74) is 0.689. The molecule has 19 heavy (non-hydrogen) atoms. The first kappa shape index (κ1) is 13.8. The van der Waals surface area contributed by atoms with Crippen LogP contribution in [0.2, 0.25) is 0 Å². The number of hydrogen-bond acceptors (Lipinski definition) is 2. The monoisotopic (exact) mass is 264 g/mol. The molecule has 1 fully saturated rings. The van der Waals surface area contributed by atoms with Gasteiger partial charge in [0.05, 0.1) is 11.3 Å². The second kappa shape index (κ2) is 6.04. The summed E-state index contributed by atoms with van der Waals surface area (Å²) in [6, 6.07) is 4.82. The minimum absolute atomic E-state index is 0.186. The van der Waals surface area contributed by atoms with Crippen molar-refractivity contribution in [2.75, 3.05) is 11.9 Å². The van der Waals surface area contributed by atoms with E-state index in [1.54, 1.807) is 12.1 Å². The van der Waals surface area contributed by atoms with Gasteiger partial charge in [-0.1, -0.05) is 19.4 Å². The van der Waals surface area contributed by atoms with Gasteiger partial charge in [0.1, 0.15) is 5.82 Å². The highest BCUT2D eigenvalue weighted by molar-refractivity contribution is 5.99. The summed E-state index contributed by atoms with van der Waals surface area (Å²) in [6.07, 6.45) is 3.31. The number of amides is 1. The van der Waals surface area contributed by atoms with Crippen molar-refractivity contribution in [3.63, 3.8) is 0 Å². The lowest BCUT2D eigenvalue weighted by Gasteiger charge is -2.19. The third-order valence-corrected chi connectivity index (χ3v) is 3.79. The lowest BCUT2D eigenvalue weighted by Crippen LogP contribution is -2.36. The maximum absolute atomic E-state index is 13.7. The summed E-state index contributed by atoms with van der Waals surface area (Å²) in [4.78, 5) is 12.3. The highest BCUT2D eigenvalue weighted by atomic mass is 19.1. The summed E-state index contributed by atoms with van der Waals surface area (Å²) in [7, 11) is 0. The predicted octanol–water partition coefficient (Wildman–Crippen LogP) is 3.18. The van der Waals surface area contributed by atoms with Gasteiger partial charge in [0.15, 0.2) is 0 Å². The molecule has 4 heteroatoms. The van der Waals surface area contributed by atoms with Crippen molar-refractivity contribution < 1.29 is 9.18 Å². The quantitative estimate of drug-likeness (QED) is 0.877. The van der Waals surface area contributed by atoms with E-state index in [0.717, 1.165) is 19.3 Å². The zero-order valence-electron chi connectivity index (χ0n) is 11.5. The Balaban J connectivity index is 2.16. The molecule has 1 saturated carbocycles. The predicted molar refractivity (Wildman–Crippen MR) is 74.8 cm³/mol. The summed E-state index contributed by atoms with van der Waals surface area (Å²) < 4.78 is 13.7. The van der Waals surface area contributed by atoms with Gasteiger partial charge in [-0.15, -0.1) is 0 Å². The van der Waals surface area contributed by atoms with Gasteiger partial charge >= 0.3 is 0 Å². The lowest BCUT2D eigenvalue weighted by molar-refractivity contribution is 0.0930. The molecule has 0 saturated heterocycles. The van der Waals surface area contributed by atoms with Gasteiger partial charge in [-0.2, -0.15) is 0 Å². The van der Waals surface area contributed by atoms with E-state index >= 15 is 0 Å². The van der Waals surface area contributed by atoms with Crippen molar-refractivity contribution in [3.8, 4) is 0 Å². The van der Waals surface area contributed by atoms with Crippen LogP contribution in [0.3, 0.4) is 0 Å². The first-order valence-electron chi connectivity index (χ1n) is 6.96. The molecule has 1 aliphatic carbocycles. The number of nitrogens with one attached hydrogen (secondary N) is 2. The van der Waals surface area contributed by atoms with Crippen LogP contribution in [0, 0.1) is 11.7 Å². The molecule has 3 nitrogen and oxygen atoms in total. The Bertz CT molecular complexity index is 461. The lowest BCUT2D eigenvalue weighted by atomic mass is 10.1. The van der Waals surface area contributed by atoms with Crippen molar-refractivity contribution >= 4 is 11.6 Å². The van der Waals surface area contributed by atoms with Crippen molar-refractivity contribution in [1.82, 2.24) is 5.32 Å². The number of hydrogen-bond donors (Lipinski definition) is 2. The minimum Gasteiger partial charge on any atom is -0.382 e. The number of halogens is 1. The van der Waals surface area contributed by atoms with E-state index in [1.807, 2.05) is 6.92 Å². The van der Waals surface area contributed by atoms with E-state index in [0.29, 0.717) is 23.7 Å². The summed E-state index contributed by atoms with van der Waals surface area (Å²) in [5.74, 6) is -0.0664. The molecular formula is C15H21FN2O. The van der Waals surface area contributed by atoms with Crippen LogP contribution in [0.5, 0.6) is 0 Å². The molecule has 1 aliphatic rings. The van der Waals surface area contributed by atoms with E-state index in [9.17, 15) is 9.18 Å². The second-order valence-electron chi connectivity index (χ2n) is 5.18. The maximum atomic E-state index is 13.7. The topological polar surface area (TPSA) is 41.1 Å². The van der Waals surface area contributed by atoms with Crippen molar-refractivity contribution in [2.45, 2.75) is 39.2 Å². The van der Waals surface area contributed by atoms with Crippen LogP contribution in [-0.4, -0.2) is 18.5 Å². The number of carbonyl (C=O) groups is 1. The van der Waals surface area contributed by atoms with Crippen LogP contribution in [-0.2, 0) is 0 Å². The molecule has 0 aliphatic heterocycles. The Labute approximate surface area is 113 Å². The average Bonchev–Trinajstić information content (AvgIpc) is 2.78. The van der Waals surface area contributed by atoms with Crippen LogP contribution in [0.1, 0.15) is 43.5 Å². The second-order valence-corrected chi connectivity index (χ2v) is 5.18. The Kier molecular flexibility index (Phi) is 4.40. The Morgan fingerprint density at radius 2 is 2.21 bits per heavy atom. The third kappa shape index (κ3) is 3.06. The van der Waals surface area contributed by atoms with E-state index in [-0.39, 0.29) is 17.8 Å². The molecule has 0 bridgehead atoms. The molecule has 0 spiro atoms. The van der Waals surface area contributed by atoms with Crippen LogP contribution >= 0.6 is 0 Å². The minimum atomic E-state index is -0.381. The number of carbonyl (C=O) groups excluding carboxylic acids is 1. The molecule has 2 atom stereocenters. The third-order valence-electron chi connectivity index (χ3n) is 3.79. The van der Waals surface area contributed by atoms with Gasteiger partial charge in [0.2, 0.25) is 0 Å².